The topological polar surface area (TPSA) is 21.3 Å². The average Bonchev–Trinajstić information content (AvgIpc) is 2.56. The van der Waals surface area contributed by atoms with Gasteiger partial charge in [0, 0.05) is 11.0 Å². The number of thioether (sulfide) groups is 2. The summed E-state index contributed by atoms with van der Waals surface area (Å²) in [4.78, 5) is 0.815. The van der Waals surface area contributed by atoms with Crippen LogP contribution in [0, 0.1) is 0 Å². The Morgan fingerprint density at radius 2 is 2.24 bits per heavy atom. The Kier molecular flexibility index (Phi) is 3.67. The van der Waals surface area contributed by atoms with Crippen LogP contribution in [0.2, 0.25) is 0 Å². The van der Waals surface area contributed by atoms with Crippen molar-refractivity contribution < 1.29 is 17.9 Å². The lowest BCUT2D eigenvalue weighted by atomic mass is 10.3. The monoisotopic (exact) mass is 281 g/mol. The fourth-order valence-corrected chi connectivity index (χ4v) is 3.50. The van der Waals surface area contributed by atoms with Gasteiger partial charge < -0.3 is 10.1 Å². The third-order valence-corrected chi connectivity index (χ3v) is 4.13. The fraction of sp³-hybridized carbons (Fsp3) is 0.400. The van der Waals surface area contributed by atoms with Crippen LogP contribution in [0.25, 0.3) is 0 Å². The van der Waals surface area contributed by atoms with Crippen molar-refractivity contribution in [2.45, 2.75) is 22.0 Å². The lowest BCUT2D eigenvalue weighted by Crippen LogP contribution is -2.13. The maximum Gasteiger partial charge on any atom is 0.444 e. The van der Waals surface area contributed by atoms with Gasteiger partial charge in [0.25, 0.3) is 0 Å². The molecule has 1 aliphatic rings. The molecule has 17 heavy (non-hydrogen) atoms. The SMILES string of the molecule is CCOc1ccc2c(c1)NC(SC(F)(F)F)S2. The summed E-state index contributed by atoms with van der Waals surface area (Å²) in [5, 5.41) is 2.82. The molecular formula is C10H10F3NOS2. The van der Waals surface area contributed by atoms with E-state index in [0.717, 1.165) is 4.90 Å². The van der Waals surface area contributed by atoms with E-state index >= 15 is 0 Å². The van der Waals surface area contributed by atoms with Gasteiger partial charge in [0.15, 0.2) is 0 Å². The van der Waals surface area contributed by atoms with Crippen LogP contribution in [0.3, 0.4) is 0 Å². The van der Waals surface area contributed by atoms with E-state index in [4.69, 9.17) is 4.74 Å². The molecule has 2 nitrogen and oxygen atoms in total. The minimum absolute atomic E-state index is 0.0488. The van der Waals surface area contributed by atoms with Gasteiger partial charge in [-0.2, -0.15) is 13.2 Å². The fourth-order valence-electron chi connectivity index (χ4n) is 1.43. The quantitative estimate of drug-likeness (QED) is 0.898. The Bertz CT molecular complexity index is 411. The molecule has 1 N–H and O–H groups in total. The second-order valence-electron chi connectivity index (χ2n) is 3.25. The van der Waals surface area contributed by atoms with Crippen molar-refractivity contribution in [3.8, 4) is 5.75 Å². The number of halogens is 3. The molecule has 0 saturated carbocycles. The normalized spacial score (nSPS) is 18.7. The number of anilines is 1. The van der Waals surface area contributed by atoms with Crippen molar-refractivity contribution >= 4 is 29.2 Å². The predicted molar refractivity (Wildman–Crippen MR) is 64.5 cm³/mol. The summed E-state index contributed by atoms with van der Waals surface area (Å²) >= 11 is 1.12. The zero-order chi connectivity index (χ0) is 12.5. The van der Waals surface area contributed by atoms with Gasteiger partial charge in [-0.15, -0.1) is 0 Å². The number of nitrogens with one attached hydrogen (secondary N) is 1. The Balaban J connectivity index is 2.06. The number of hydrogen-bond donors (Lipinski definition) is 1. The van der Waals surface area contributed by atoms with E-state index < -0.39 is 10.2 Å². The third-order valence-electron chi connectivity index (χ3n) is 2.01. The Labute approximate surface area is 105 Å². The second kappa shape index (κ2) is 4.89. The molecule has 94 valence electrons. The number of hydrogen-bond acceptors (Lipinski definition) is 4. The van der Waals surface area contributed by atoms with Crippen molar-refractivity contribution in [2.75, 3.05) is 11.9 Å². The highest BCUT2D eigenvalue weighted by atomic mass is 32.2. The summed E-state index contributed by atoms with van der Waals surface area (Å²) in [5.41, 5.74) is -3.53. The highest BCUT2D eigenvalue weighted by Gasteiger charge is 2.36. The molecule has 1 aromatic carbocycles. The molecule has 0 bridgehead atoms. The van der Waals surface area contributed by atoms with Crippen LogP contribution in [0.4, 0.5) is 18.9 Å². The minimum atomic E-state index is -4.23. The maximum atomic E-state index is 12.2. The molecule has 7 heteroatoms. The second-order valence-corrected chi connectivity index (χ2v) is 5.86. The molecule has 0 amide bonds. The van der Waals surface area contributed by atoms with Crippen molar-refractivity contribution in [2.24, 2.45) is 0 Å². The van der Waals surface area contributed by atoms with Gasteiger partial charge in [-0.25, -0.2) is 0 Å². The molecule has 0 spiro atoms. The summed E-state index contributed by atoms with van der Waals surface area (Å²) < 4.78 is 41.2. The molecule has 1 aliphatic heterocycles. The summed E-state index contributed by atoms with van der Waals surface area (Å²) in [6, 6.07) is 5.26. The first-order chi connectivity index (χ1) is 7.98. The van der Waals surface area contributed by atoms with Gasteiger partial charge in [0.2, 0.25) is 0 Å². The van der Waals surface area contributed by atoms with E-state index in [-0.39, 0.29) is 11.8 Å². The van der Waals surface area contributed by atoms with Gasteiger partial charge in [0.05, 0.1) is 12.3 Å². The van der Waals surface area contributed by atoms with E-state index in [1.54, 1.807) is 18.2 Å². The van der Waals surface area contributed by atoms with Gasteiger partial charge in [-0.3, -0.25) is 0 Å². The van der Waals surface area contributed by atoms with E-state index in [1.165, 1.54) is 11.8 Å². The van der Waals surface area contributed by atoms with Crippen LogP contribution in [0.5, 0.6) is 5.75 Å². The van der Waals surface area contributed by atoms with Crippen molar-refractivity contribution in [3.63, 3.8) is 0 Å². The van der Waals surface area contributed by atoms with E-state index in [2.05, 4.69) is 5.32 Å². The third kappa shape index (κ3) is 3.38. The Hall–Kier alpha value is -0.690. The van der Waals surface area contributed by atoms with Crippen LogP contribution < -0.4 is 10.1 Å². The zero-order valence-electron chi connectivity index (χ0n) is 8.88. The highest BCUT2D eigenvalue weighted by Crippen LogP contribution is 2.48. The Morgan fingerprint density at radius 3 is 2.88 bits per heavy atom. The van der Waals surface area contributed by atoms with E-state index in [0.29, 0.717) is 18.0 Å². The summed E-state index contributed by atoms with van der Waals surface area (Å²) in [6.07, 6.45) is 0. The van der Waals surface area contributed by atoms with Gasteiger partial charge in [-0.1, -0.05) is 11.8 Å². The number of benzene rings is 1. The molecule has 1 heterocycles. The van der Waals surface area contributed by atoms with E-state index in [9.17, 15) is 13.2 Å². The predicted octanol–water partition coefficient (Wildman–Crippen LogP) is 4.14. The first-order valence-corrected chi connectivity index (χ1v) is 6.68. The standard InChI is InChI=1S/C10H10F3NOS2/c1-2-15-6-3-4-8-7(5-6)14-9(16-8)17-10(11,12)13/h3-5,9,14H,2H2,1H3. The van der Waals surface area contributed by atoms with Crippen LogP contribution >= 0.6 is 23.5 Å². The molecular weight excluding hydrogens is 271 g/mol. The summed E-state index contributed by atoms with van der Waals surface area (Å²) in [6.45, 7) is 2.39. The molecule has 0 radical (unpaired) electrons. The van der Waals surface area contributed by atoms with Crippen LogP contribution in [0.15, 0.2) is 23.1 Å². The van der Waals surface area contributed by atoms with Crippen molar-refractivity contribution in [1.82, 2.24) is 0 Å². The molecule has 1 unspecified atom stereocenters. The molecule has 1 aromatic rings. The van der Waals surface area contributed by atoms with Crippen LogP contribution in [0.1, 0.15) is 6.92 Å². The van der Waals surface area contributed by atoms with E-state index in [1.807, 2.05) is 6.92 Å². The van der Waals surface area contributed by atoms with Crippen molar-refractivity contribution in [3.05, 3.63) is 18.2 Å². The maximum absolute atomic E-state index is 12.2. The average molecular weight is 281 g/mol. The molecule has 0 saturated heterocycles. The summed E-state index contributed by atoms with van der Waals surface area (Å²) in [7, 11) is 0. The number of ether oxygens (including phenoxy) is 1. The highest BCUT2D eigenvalue weighted by molar-refractivity contribution is 8.17. The largest absolute Gasteiger partial charge is 0.494 e. The number of rotatable bonds is 3. The summed E-state index contributed by atoms with van der Waals surface area (Å²) in [5.74, 6) is 0.664. The molecule has 0 aromatic heterocycles. The lowest BCUT2D eigenvalue weighted by Gasteiger charge is -2.11. The van der Waals surface area contributed by atoms with Crippen molar-refractivity contribution in [1.29, 1.82) is 0 Å². The lowest BCUT2D eigenvalue weighted by molar-refractivity contribution is -0.0328. The Morgan fingerprint density at radius 1 is 1.47 bits per heavy atom. The molecule has 0 fully saturated rings. The molecule has 0 aliphatic carbocycles. The molecule has 1 atom stereocenters. The minimum Gasteiger partial charge on any atom is -0.494 e. The smallest absolute Gasteiger partial charge is 0.444 e. The van der Waals surface area contributed by atoms with Gasteiger partial charge >= 0.3 is 5.51 Å². The number of fused-ring (bicyclic) bond motifs is 1. The van der Waals surface area contributed by atoms with Crippen LogP contribution in [-0.4, -0.2) is 16.8 Å². The van der Waals surface area contributed by atoms with Gasteiger partial charge in [-0.05, 0) is 30.8 Å². The van der Waals surface area contributed by atoms with Crippen LogP contribution in [-0.2, 0) is 0 Å². The van der Waals surface area contributed by atoms with Gasteiger partial charge in [0.1, 0.15) is 10.5 Å². The molecule has 2 rings (SSSR count). The zero-order valence-corrected chi connectivity index (χ0v) is 10.5. The first kappa shape index (κ1) is 12.8. The first-order valence-electron chi connectivity index (χ1n) is 4.92. The number of alkyl halides is 3.